The number of likely N-dealkylation sites (tertiary alicyclic amines) is 1. The lowest BCUT2D eigenvalue weighted by molar-refractivity contribution is 0.133. The zero-order chi connectivity index (χ0) is 16.2. The van der Waals surface area contributed by atoms with E-state index in [1.165, 1.54) is 5.56 Å². The Morgan fingerprint density at radius 1 is 1.26 bits per heavy atom. The lowest BCUT2D eigenvalue weighted by Gasteiger charge is -2.31. The first-order valence-electron chi connectivity index (χ1n) is 8.32. The summed E-state index contributed by atoms with van der Waals surface area (Å²) in [7, 11) is 0. The van der Waals surface area contributed by atoms with E-state index in [1.54, 1.807) is 6.20 Å². The molecule has 0 spiro atoms. The number of nitrogens with zero attached hydrogens (tertiary/aromatic N) is 3. The van der Waals surface area contributed by atoms with Gasteiger partial charge in [-0.3, -0.25) is 4.90 Å². The van der Waals surface area contributed by atoms with Gasteiger partial charge in [-0.25, -0.2) is 4.98 Å². The zero-order valence-corrected chi connectivity index (χ0v) is 14.2. The third kappa shape index (κ3) is 3.91. The van der Waals surface area contributed by atoms with Crippen LogP contribution >= 0.6 is 0 Å². The smallest absolute Gasteiger partial charge is 0.216 e. The molecule has 23 heavy (non-hydrogen) atoms. The van der Waals surface area contributed by atoms with Gasteiger partial charge in [0.25, 0.3) is 0 Å². The molecule has 1 aliphatic heterocycles. The quantitative estimate of drug-likeness (QED) is 0.847. The molecule has 124 valence electrons. The van der Waals surface area contributed by atoms with E-state index < -0.39 is 0 Å². The first-order chi connectivity index (χ1) is 11.1. The number of aromatic nitrogens is 2. The second kappa shape index (κ2) is 7.13. The molecule has 0 saturated carbocycles. The molecule has 0 aliphatic carbocycles. The highest BCUT2D eigenvalue weighted by Gasteiger charge is 2.22. The van der Waals surface area contributed by atoms with E-state index in [4.69, 9.17) is 9.26 Å². The third-order valence-electron chi connectivity index (χ3n) is 4.69. The van der Waals surface area contributed by atoms with Gasteiger partial charge in [-0.15, -0.1) is 0 Å². The summed E-state index contributed by atoms with van der Waals surface area (Å²) in [6.45, 7) is 9.94. The number of rotatable bonds is 5. The third-order valence-corrected chi connectivity index (χ3v) is 4.69. The second-order valence-corrected chi connectivity index (χ2v) is 6.46. The molecule has 0 amide bonds. The fourth-order valence-electron chi connectivity index (χ4n) is 3.08. The van der Waals surface area contributed by atoms with E-state index >= 15 is 0 Å². The Hall–Kier alpha value is -1.88. The summed E-state index contributed by atoms with van der Waals surface area (Å²) >= 11 is 0. The molecule has 3 rings (SSSR count). The molecule has 0 unspecified atom stereocenters. The normalized spacial score (nSPS) is 16.7. The minimum atomic E-state index is 0.609. The van der Waals surface area contributed by atoms with E-state index in [2.05, 4.69) is 15.0 Å². The maximum atomic E-state index is 5.90. The van der Waals surface area contributed by atoms with E-state index in [0.29, 0.717) is 5.92 Å². The lowest BCUT2D eigenvalue weighted by atomic mass is 9.97. The first-order valence-corrected chi connectivity index (χ1v) is 8.32. The van der Waals surface area contributed by atoms with Crippen LogP contribution in [0.3, 0.4) is 0 Å². The van der Waals surface area contributed by atoms with Crippen LogP contribution < -0.4 is 4.74 Å². The molecular formula is C18H25N3O2. The van der Waals surface area contributed by atoms with Crippen LogP contribution in [0.15, 0.2) is 22.9 Å². The topological polar surface area (TPSA) is 51.4 Å². The molecule has 5 nitrogen and oxygen atoms in total. The summed E-state index contributed by atoms with van der Waals surface area (Å²) < 4.78 is 11.2. The van der Waals surface area contributed by atoms with Gasteiger partial charge in [-0.1, -0.05) is 11.2 Å². The maximum absolute atomic E-state index is 5.90. The van der Waals surface area contributed by atoms with E-state index in [9.17, 15) is 0 Å². The number of aryl methyl sites for hydroxylation is 3. The van der Waals surface area contributed by atoms with Gasteiger partial charge in [0.2, 0.25) is 5.88 Å². The van der Waals surface area contributed by atoms with E-state index in [0.717, 1.165) is 62.0 Å². The van der Waals surface area contributed by atoms with Crippen molar-refractivity contribution in [2.45, 2.75) is 40.2 Å². The average molecular weight is 315 g/mol. The molecule has 5 heteroatoms. The summed E-state index contributed by atoms with van der Waals surface area (Å²) in [5, 5.41) is 4.04. The Labute approximate surface area is 137 Å². The van der Waals surface area contributed by atoms with Crippen molar-refractivity contribution in [3.8, 4) is 5.88 Å². The van der Waals surface area contributed by atoms with Crippen molar-refractivity contribution in [2.75, 3.05) is 19.7 Å². The molecular weight excluding hydrogens is 290 g/mol. The van der Waals surface area contributed by atoms with Crippen LogP contribution in [0, 0.1) is 26.7 Å². The van der Waals surface area contributed by atoms with Crippen LogP contribution in [0.25, 0.3) is 0 Å². The minimum absolute atomic E-state index is 0.609. The van der Waals surface area contributed by atoms with Crippen LogP contribution in [-0.4, -0.2) is 34.7 Å². The Kier molecular flexibility index (Phi) is 4.96. The van der Waals surface area contributed by atoms with E-state index in [1.807, 2.05) is 32.9 Å². The Bertz CT molecular complexity index is 626. The van der Waals surface area contributed by atoms with Crippen LogP contribution in [0.5, 0.6) is 5.88 Å². The second-order valence-electron chi connectivity index (χ2n) is 6.46. The molecule has 2 aromatic rings. The fraction of sp³-hybridized carbons (Fsp3) is 0.556. The molecule has 0 N–H and O–H groups in total. The van der Waals surface area contributed by atoms with Crippen molar-refractivity contribution in [1.29, 1.82) is 0 Å². The predicted octanol–water partition coefficient (Wildman–Crippen LogP) is 3.29. The van der Waals surface area contributed by atoms with Crippen molar-refractivity contribution in [2.24, 2.45) is 5.92 Å². The largest absolute Gasteiger partial charge is 0.477 e. The number of hydrogen-bond acceptors (Lipinski definition) is 5. The summed E-state index contributed by atoms with van der Waals surface area (Å²) in [4.78, 5) is 6.78. The molecule has 1 saturated heterocycles. The van der Waals surface area contributed by atoms with Crippen LogP contribution in [0.1, 0.15) is 35.4 Å². The van der Waals surface area contributed by atoms with Gasteiger partial charge in [0.05, 0.1) is 12.3 Å². The van der Waals surface area contributed by atoms with Gasteiger partial charge >= 0.3 is 0 Å². The highest BCUT2D eigenvalue weighted by molar-refractivity contribution is 5.23. The monoisotopic (exact) mass is 315 g/mol. The standard InChI is InChI=1S/C18H25N3O2/c1-13-5-4-8-19-18(13)22-12-16-6-9-21(10-7-16)11-17-14(2)20-23-15(17)3/h4-5,8,16H,6-7,9-12H2,1-3H3. The number of pyridine rings is 1. The Morgan fingerprint density at radius 3 is 2.70 bits per heavy atom. The SMILES string of the molecule is Cc1cccnc1OCC1CCN(Cc2c(C)noc2C)CC1. The van der Waals surface area contributed by atoms with Gasteiger partial charge in [0.15, 0.2) is 0 Å². The summed E-state index contributed by atoms with van der Waals surface area (Å²) in [6.07, 6.45) is 4.11. The Balaban J connectivity index is 1.46. The maximum Gasteiger partial charge on any atom is 0.216 e. The van der Waals surface area contributed by atoms with Crippen LogP contribution in [-0.2, 0) is 6.54 Å². The van der Waals surface area contributed by atoms with Gasteiger partial charge in [0, 0.05) is 23.9 Å². The molecule has 0 aromatic carbocycles. The zero-order valence-electron chi connectivity index (χ0n) is 14.2. The van der Waals surface area contributed by atoms with Crippen LogP contribution in [0.4, 0.5) is 0 Å². The molecule has 2 aromatic heterocycles. The van der Waals surface area contributed by atoms with Gasteiger partial charge in [-0.05, 0) is 58.7 Å². The molecule has 1 fully saturated rings. The van der Waals surface area contributed by atoms with Gasteiger partial charge < -0.3 is 9.26 Å². The van der Waals surface area contributed by atoms with Gasteiger partial charge in [-0.2, -0.15) is 0 Å². The highest BCUT2D eigenvalue weighted by Crippen LogP contribution is 2.23. The summed E-state index contributed by atoms with van der Waals surface area (Å²) in [5.41, 5.74) is 3.35. The average Bonchev–Trinajstić information content (AvgIpc) is 2.87. The molecule has 0 bridgehead atoms. The van der Waals surface area contributed by atoms with Crippen molar-refractivity contribution in [3.63, 3.8) is 0 Å². The predicted molar refractivity (Wildman–Crippen MR) is 88.4 cm³/mol. The minimum Gasteiger partial charge on any atom is -0.477 e. The molecule has 0 radical (unpaired) electrons. The number of hydrogen-bond donors (Lipinski definition) is 0. The fourth-order valence-corrected chi connectivity index (χ4v) is 3.08. The summed E-state index contributed by atoms with van der Waals surface area (Å²) in [6, 6.07) is 3.98. The van der Waals surface area contributed by atoms with Crippen molar-refractivity contribution < 1.29 is 9.26 Å². The first kappa shape index (κ1) is 16.0. The summed E-state index contributed by atoms with van der Waals surface area (Å²) in [5.74, 6) is 2.32. The van der Waals surface area contributed by atoms with E-state index in [-0.39, 0.29) is 0 Å². The molecule has 3 heterocycles. The van der Waals surface area contributed by atoms with Crippen LogP contribution in [0.2, 0.25) is 0 Å². The lowest BCUT2D eigenvalue weighted by Crippen LogP contribution is -2.35. The number of piperidine rings is 1. The van der Waals surface area contributed by atoms with Gasteiger partial charge in [0.1, 0.15) is 5.76 Å². The van der Waals surface area contributed by atoms with Crippen molar-refractivity contribution >= 4 is 0 Å². The molecule has 0 atom stereocenters. The van der Waals surface area contributed by atoms with Crippen molar-refractivity contribution in [3.05, 3.63) is 40.9 Å². The van der Waals surface area contributed by atoms with Crippen molar-refractivity contribution in [1.82, 2.24) is 15.0 Å². The highest BCUT2D eigenvalue weighted by atomic mass is 16.5. The molecule has 1 aliphatic rings. The Morgan fingerprint density at radius 2 is 2.04 bits per heavy atom. The number of ether oxygens (including phenoxy) is 1.